The molecule has 2 aromatic carbocycles. The predicted octanol–water partition coefficient (Wildman–Crippen LogP) is 7.31. The van der Waals surface area contributed by atoms with Crippen molar-refractivity contribution >= 4 is 23.2 Å². The van der Waals surface area contributed by atoms with Gasteiger partial charge >= 0.3 is 0 Å². The molecule has 0 aliphatic heterocycles. The SMILES string of the molecule is Cc1cc2c(cc1Cc1ccc(C(=O)Nc3ccc(C#N)c(Cl)c3)o1)C(C)(C)CCC2(C)C. The topological polar surface area (TPSA) is 66.0 Å². The molecule has 4 nitrogen and oxygen atoms in total. The molecule has 0 spiro atoms. The van der Waals surface area contributed by atoms with Crippen LogP contribution in [0.25, 0.3) is 0 Å². The van der Waals surface area contributed by atoms with Crippen LogP contribution in [0.1, 0.15) is 84.7 Å². The van der Waals surface area contributed by atoms with Crippen molar-refractivity contribution in [1.29, 1.82) is 5.26 Å². The molecule has 1 aromatic heterocycles. The maximum Gasteiger partial charge on any atom is 0.291 e. The Morgan fingerprint density at radius 1 is 1.06 bits per heavy atom. The number of nitriles is 1. The third-order valence-corrected chi connectivity index (χ3v) is 7.22. The van der Waals surface area contributed by atoms with Gasteiger partial charge in [-0.05, 0) is 83.2 Å². The van der Waals surface area contributed by atoms with Crippen molar-refractivity contribution in [2.45, 2.75) is 64.7 Å². The van der Waals surface area contributed by atoms with Gasteiger partial charge in [-0.1, -0.05) is 51.4 Å². The molecule has 0 saturated carbocycles. The number of hydrogen-bond acceptors (Lipinski definition) is 3. The lowest BCUT2D eigenvalue weighted by Gasteiger charge is -2.42. The summed E-state index contributed by atoms with van der Waals surface area (Å²) in [5.74, 6) is 0.628. The Labute approximate surface area is 200 Å². The number of halogens is 1. The molecular weight excluding hydrogens is 432 g/mol. The van der Waals surface area contributed by atoms with Crippen molar-refractivity contribution in [2.24, 2.45) is 0 Å². The number of anilines is 1. The van der Waals surface area contributed by atoms with Crippen molar-refractivity contribution in [3.05, 3.63) is 86.8 Å². The third-order valence-electron chi connectivity index (χ3n) is 6.91. The van der Waals surface area contributed by atoms with Gasteiger partial charge in [-0.25, -0.2) is 0 Å². The van der Waals surface area contributed by atoms with Gasteiger partial charge in [0.1, 0.15) is 11.8 Å². The summed E-state index contributed by atoms with van der Waals surface area (Å²) >= 11 is 6.06. The molecule has 170 valence electrons. The van der Waals surface area contributed by atoms with Gasteiger partial charge in [-0.2, -0.15) is 5.26 Å². The summed E-state index contributed by atoms with van der Waals surface area (Å²) < 4.78 is 5.89. The summed E-state index contributed by atoms with van der Waals surface area (Å²) in [6.07, 6.45) is 2.98. The number of furan rings is 1. The van der Waals surface area contributed by atoms with E-state index < -0.39 is 0 Å². The Bertz CT molecular complexity index is 1280. The highest BCUT2D eigenvalue weighted by Crippen LogP contribution is 2.46. The van der Waals surface area contributed by atoms with E-state index in [4.69, 9.17) is 21.3 Å². The van der Waals surface area contributed by atoms with Crippen LogP contribution in [0.4, 0.5) is 5.69 Å². The molecule has 1 heterocycles. The molecule has 0 bridgehead atoms. The summed E-state index contributed by atoms with van der Waals surface area (Å²) in [4.78, 5) is 12.6. The Kier molecular flexibility index (Phi) is 5.88. The molecule has 3 aromatic rings. The molecule has 0 atom stereocenters. The second-order valence-electron chi connectivity index (χ2n) is 10.3. The molecule has 1 amide bonds. The van der Waals surface area contributed by atoms with Gasteiger partial charge in [0, 0.05) is 12.1 Å². The fraction of sp³-hybridized carbons (Fsp3) is 0.357. The summed E-state index contributed by atoms with van der Waals surface area (Å²) in [6.45, 7) is 11.5. The van der Waals surface area contributed by atoms with Crippen LogP contribution in [0, 0.1) is 18.3 Å². The van der Waals surface area contributed by atoms with Crippen LogP contribution in [-0.2, 0) is 17.3 Å². The van der Waals surface area contributed by atoms with E-state index in [1.165, 1.54) is 35.1 Å². The van der Waals surface area contributed by atoms with E-state index in [1.54, 1.807) is 24.3 Å². The van der Waals surface area contributed by atoms with Gasteiger partial charge in [-0.15, -0.1) is 0 Å². The maximum absolute atomic E-state index is 12.6. The summed E-state index contributed by atoms with van der Waals surface area (Å²) in [7, 11) is 0. The van der Waals surface area contributed by atoms with E-state index >= 15 is 0 Å². The lowest BCUT2D eigenvalue weighted by molar-refractivity contribution is 0.0995. The van der Waals surface area contributed by atoms with Gasteiger partial charge in [0.15, 0.2) is 5.76 Å². The molecule has 1 aliphatic rings. The number of hydrogen-bond donors (Lipinski definition) is 1. The minimum absolute atomic E-state index is 0.143. The van der Waals surface area contributed by atoms with E-state index in [2.05, 4.69) is 52.1 Å². The molecule has 0 unspecified atom stereocenters. The van der Waals surface area contributed by atoms with Gasteiger partial charge in [0.2, 0.25) is 0 Å². The monoisotopic (exact) mass is 460 g/mol. The van der Waals surface area contributed by atoms with Crippen molar-refractivity contribution in [2.75, 3.05) is 5.32 Å². The van der Waals surface area contributed by atoms with Crippen LogP contribution in [0.2, 0.25) is 5.02 Å². The van der Waals surface area contributed by atoms with E-state index in [9.17, 15) is 4.79 Å². The number of amides is 1. The second-order valence-corrected chi connectivity index (χ2v) is 10.7. The highest BCUT2D eigenvalue weighted by Gasteiger charge is 2.37. The zero-order chi connectivity index (χ0) is 24.0. The zero-order valence-corrected chi connectivity index (χ0v) is 20.6. The Morgan fingerprint density at radius 2 is 1.73 bits per heavy atom. The molecule has 0 fully saturated rings. The smallest absolute Gasteiger partial charge is 0.291 e. The number of fused-ring (bicyclic) bond motifs is 1. The van der Waals surface area contributed by atoms with Gasteiger partial charge in [-0.3, -0.25) is 4.79 Å². The first-order valence-corrected chi connectivity index (χ1v) is 11.6. The average molecular weight is 461 g/mol. The van der Waals surface area contributed by atoms with Crippen LogP contribution in [0.3, 0.4) is 0 Å². The Balaban J connectivity index is 1.55. The lowest BCUT2D eigenvalue weighted by Crippen LogP contribution is -2.34. The minimum Gasteiger partial charge on any atom is -0.456 e. The van der Waals surface area contributed by atoms with Crippen LogP contribution in [-0.4, -0.2) is 5.91 Å². The summed E-state index contributed by atoms with van der Waals surface area (Å²) in [5, 5.41) is 12.1. The number of carbonyl (C=O) groups excluding carboxylic acids is 1. The Morgan fingerprint density at radius 3 is 2.36 bits per heavy atom. The predicted molar refractivity (Wildman–Crippen MR) is 132 cm³/mol. The number of carbonyl (C=O) groups is 1. The minimum atomic E-state index is -0.355. The molecule has 4 rings (SSSR count). The molecule has 1 aliphatic carbocycles. The van der Waals surface area contributed by atoms with Gasteiger partial charge in [0.05, 0.1) is 10.6 Å². The van der Waals surface area contributed by atoms with Crippen molar-refractivity contribution in [1.82, 2.24) is 0 Å². The van der Waals surface area contributed by atoms with Crippen molar-refractivity contribution in [3.63, 3.8) is 0 Å². The van der Waals surface area contributed by atoms with E-state index in [-0.39, 0.29) is 22.5 Å². The number of rotatable bonds is 4. The molecular formula is C28H29ClN2O2. The molecule has 33 heavy (non-hydrogen) atoms. The van der Waals surface area contributed by atoms with Crippen LogP contribution < -0.4 is 5.32 Å². The number of benzene rings is 2. The average Bonchev–Trinajstić information content (AvgIpc) is 3.21. The Hall–Kier alpha value is -3.03. The summed E-state index contributed by atoms with van der Waals surface area (Å²) in [5.41, 5.74) is 6.53. The molecule has 0 saturated heterocycles. The highest BCUT2D eigenvalue weighted by atomic mass is 35.5. The first kappa shape index (κ1) is 23.1. The highest BCUT2D eigenvalue weighted by molar-refractivity contribution is 6.32. The lowest BCUT2D eigenvalue weighted by atomic mass is 9.62. The van der Waals surface area contributed by atoms with Crippen LogP contribution in [0.15, 0.2) is 46.9 Å². The standard InChI is InChI=1S/C28H29ClN2O2/c1-17-12-22-23(28(4,5)11-10-27(22,2)3)14-19(17)13-21-8-9-25(33-21)26(32)31-20-7-6-18(16-30)24(29)15-20/h6-9,12,14-15H,10-11,13H2,1-5H3,(H,31,32). The second kappa shape index (κ2) is 8.39. The number of aryl methyl sites for hydroxylation is 1. The largest absolute Gasteiger partial charge is 0.456 e. The van der Waals surface area contributed by atoms with E-state index in [0.717, 1.165) is 5.76 Å². The third kappa shape index (κ3) is 4.56. The van der Waals surface area contributed by atoms with Crippen LogP contribution in [0.5, 0.6) is 0 Å². The van der Waals surface area contributed by atoms with E-state index in [1.807, 2.05) is 12.1 Å². The fourth-order valence-corrected chi connectivity index (χ4v) is 4.84. The zero-order valence-electron chi connectivity index (χ0n) is 19.8. The number of nitrogens with one attached hydrogen (secondary N) is 1. The first-order valence-electron chi connectivity index (χ1n) is 11.2. The quantitative estimate of drug-likeness (QED) is 0.444. The van der Waals surface area contributed by atoms with Gasteiger partial charge < -0.3 is 9.73 Å². The van der Waals surface area contributed by atoms with Gasteiger partial charge in [0.25, 0.3) is 5.91 Å². The van der Waals surface area contributed by atoms with Crippen molar-refractivity contribution in [3.8, 4) is 6.07 Å². The van der Waals surface area contributed by atoms with Crippen LogP contribution >= 0.6 is 11.6 Å². The maximum atomic E-state index is 12.6. The summed E-state index contributed by atoms with van der Waals surface area (Å²) in [6, 6.07) is 15.0. The van der Waals surface area contributed by atoms with E-state index in [0.29, 0.717) is 22.7 Å². The molecule has 1 N–H and O–H groups in total. The molecule has 5 heteroatoms. The van der Waals surface area contributed by atoms with Crippen molar-refractivity contribution < 1.29 is 9.21 Å². The molecule has 0 radical (unpaired) electrons. The number of nitrogens with zero attached hydrogens (tertiary/aromatic N) is 1. The normalized spacial score (nSPS) is 16.0. The first-order chi connectivity index (χ1) is 15.5. The fourth-order valence-electron chi connectivity index (χ4n) is 4.62.